The molecule has 1 aromatic carbocycles. The fourth-order valence-corrected chi connectivity index (χ4v) is 4.36. The van der Waals surface area contributed by atoms with Crippen LogP contribution in [-0.4, -0.2) is 66.4 Å². The summed E-state index contributed by atoms with van der Waals surface area (Å²) in [6.45, 7) is 6.42. The number of nitrogens with one attached hydrogen (secondary N) is 2. The average Bonchev–Trinajstić information content (AvgIpc) is 3.48. The molecule has 0 spiro atoms. The number of amides is 1. The first-order valence-corrected chi connectivity index (χ1v) is 11.0. The highest BCUT2D eigenvalue weighted by molar-refractivity contribution is 5.78. The maximum absolute atomic E-state index is 11.6. The monoisotopic (exact) mass is 436 g/mol. The predicted molar refractivity (Wildman–Crippen MR) is 121 cm³/mol. The molecule has 32 heavy (non-hydrogen) atoms. The number of methoxy groups -OCH3 is 1. The molecule has 2 fully saturated rings. The second-order valence-electron chi connectivity index (χ2n) is 8.31. The van der Waals surface area contributed by atoms with E-state index in [2.05, 4.69) is 32.8 Å². The van der Waals surface area contributed by atoms with Crippen LogP contribution in [0.5, 0.6) is 11.6 Å². The lowest BCUT2D eigenvalue weighted by Crippen LogP contribution is -2.43. The van der Waals surface area contributed by atoms with Gasteiger partial charge in [-0.3, -0.25) is 4.79 Å². The van der Waals surface area contributed by atoms with E-state index >= 15 is 0 Å². The zero-order chi connectivity index (χ0) is 22.1. The number of hydrogen-bond acceptors (Lipinski definition) is 7. The molecule has 2 aliphatic heterocycles. The Balaban J connectivity index is 1.47. The van der Waals surface area contributed by atoms with Crippen LogP contribution in [0.4, 0.5) is 5.69 Å². The van der Waals surface area contributed by atoms with Crippen LogP contribution in [0.1, 0.15) is 13.3 Å². The first kappa shape index (κ1) is 20.6. The molecule has 5 rings (SSSR count). The lowest BCUT2D eigenvalue weighted by Gasteiger charge is -2.30. The normalized spacial score (nSPS) is 19.8. The van der Waals surface area contributed by atoms with Crippen LogP contribution in [0.3, 0.4) is 0 Å². The Bertz CT molecular complexity index is 1120. The summed E-state index contributed by atoms with van der Waals surface area (Å²) < 4.78 is 13.7. The van der Waals surface area contributed by atoms with E-state index in [4.69, 9.17) is 14.5 Å². The molecule has 0 aliphatic carbocycles. The highest BCUT2D eigenvalue weighted by atomic mass is 16.5. The molecule has 3 aromatic rings. The van der Waals surface area contributed by atoms with Crippen molar-refractivity contribution in [3.8, 4) is 22.9 Å². The van der Waals surface area contributed by atoms with E-state index in [1.807, 2.05) is 25.3 Å². The molecule has 0 radical (unpaired) electrons. The van der Waals surface area contributed by atoms with Crippen molar-refractivity contribution in [3.63, 3.8) is 0 Å². The Morgan fingerprint density at radius 2 is 2.06 bits per heavy atom. The fourth-order valence-electron chi connectivity index (χ4n) is 4.36. The summed E-state index contributed by atoms with van der Waals surface area (Å²) in [5.41, 5.74) is 3.55. The minimum absolute atomic E-state index is 0.0679. The maximum atomic E-state index is 11.6. The van der Waals surface area contributed by atoms with Gasteiger partial charge in [0.1, 0.15) is 17.4 Å². The Morgan fingerprint density at radius 3 is 2.81 bits per heavy atom. The molecule has 0 bridgehead atoms. The van der Waals surface area contributed by atoms with Crippen molar-refractivity contribution in [2.45, 2.75) is 19.4 Å². The van der Waals surface area contributed by atoms with Gasteiger partial charge >= 0.3 is 0 Å². The minimum Gasteiger partial charge on any atom is -0.495 e. The number of ether oxygens (including phenoxy) is 2. The number of rotatable bonds is 6. The number of nitrogens with zero attached hydrogens (tertiary/aromatic N) is 4. The van der Waals surface area contributed by atoms with Crippen LogP contribution in [0.15, 0.2) is 36.7 Å². The van der Waals surface area contributed by atoms with Gasteiger partial charge in [-0.1, -0.05) is 6.07 Å². The molecular weight excluding hydrogens is 408 g/mol. The van der Waals surface area contributed by atoms with Crippen molar-refractivity contribution in [1.29, 1.82) is 0 Å². The number of hydrogen-bond donors (Lipinski definition) is 2. The van der Waals surface area contributed by atoms with E-state index in [0.717, 1.165) is 54.4 Å². The molecule has 0 saturated carbocycles. The van der Waals surface area contributed by atoms with Crippen molar-refractivity contribution in [1.82, 2.24) is 25.2 Å². The molecule has 4 heterocycles. The Hall–Kier alpha value is -3.33. The first-order valence-electron chi connectivity index (χ1n) is 11.0. The van der Waals surface area contributed by atoms with Crippen LogP contribution >= 0.6 is 0 Å². The quantitative estimate of drug-likeness (QED) is 0.608. The molecule has 2 saturated heterocycles. The number of fused-ring (bicyclic) bond motifs is 1. The SMILES string of the molecule is COc1cc(-c2cn3nccc3c(O[C@H](C)[C@H]3CNC(=O)C3)n2)ccc1N1CCNCC1. The van der Waals surface area contributed by atoms with Crippen molar-refractivity contribution in [2.75, 3.05) is 44.7 Å². The van der Waals surface area contributed by atoms with E-state index in [1.165, 1.54) is 0 Å². The molecule has 2 atom stereocenters. The van der Waals surface area contributed by atoms with Gasteiger partial charge in [0, 0.05) is 50.6 Å². The van der Waals surface area contributed by atoms with Gasteiger partial charge in [0.15, 0.2) is 0 Å². The molecule has 1 amide bonds. The number of anilines is 1. The molecule has 168 valence electrons. The molecule has 9 heteroatoms. The summed E-state index contributed by atoms with van der Waals surface area (Å²) in [6, 6.07) is 8.05. The zero-order valence-corrected chi connectivity index (χ0v) is 18.4. The summed E-state index contributed by atoms with van der Waals surface area (Å²) >= 11 is 0. The first-order chi connectivity index (χ1) is 15.6. The van der Waals surface area contributed by atoms with Gasteiger partial charge in [-0.15, -0.1) is 0 Å². The number of piperazine rings is 1. The third kappa shape index (κ3) is 3.95. The summed E-state index contributed by atoms with van der Waals surface area (Å²) in [5, 5.41) is 10.7. The van der Waals surface area contributed by atoms with Crippen molar-refractivity contribution >= 4 is 17.1 Å². The summed E-state index contributed by atoms with van der Waals surface area (Å²) in [7, 11) is 1.70. The number of benzene rings is 1. The Kier molecular flexibility index (Phi) is 5.57. The number of carbonyl (C=O) groups excluding carboxylic acids is 1. The Labute approximate surface area is 186 Å². The topological polar surface area (TPSA) is 93.0 Å². The van der Waals surface area contributed by atoms with Gasteiger partial charge in [-0.25, -0.2) is 9.50 Å². The van der Waals surface area contributed by atoms with Crippen molar-refractivity contribution in [2.24, 2.45) is 5.92 Å². The number of aromatic nitrogens is 3. The van der Waals surface area contributed by atoms with Crippen molar-refractivity contribution < 1.29 is 14.3 Å². The Morgan fingerprint density at radius 1 is 1.22 bits per heavy atom. The summed E-state index contributed by atoms with van der Waals surface area (Å²) in [4.78, 5) is 18.8. The number of carbonyl (C=O) groups is 1. The van der Waals surface area contributed by atoms with E-state index in [1.54, 1.807) is 17.8 Å². The predicted octanol–water partition coefficient (Wildman–Crippen LogP) is 1.72. The molecule has 2 aromatic heterocycles. The van der Waals surface area contributed by atoms with Crippen LogP contribution in [0.2, 0.25) is 0 Å². The van der Waals surface area contributed by atoms with Crippen LogP contribution < -0.4 is 25.0 Å². The summed E-state index contributed by atoms with van der Waals surface area (Å²) in [5.74, 6) is 1.52. The van der Waals surface area contributed by atoms with Crippen LogP contribution in [-0.2, 0) is 4.79 Å². The van der Waals surface area contributed by atoms with Crippen LogP contribution in [0, 0.1) is 5.92 Å². The largest absolute Gasteiger partial charge is 0.495 e. The third-order valence-corrected chi connectivity index (χ3v) is 6.26. The van der Waals surface area contributed by atoms with Gasteiger partial charge in [0.25, 0.3) is 0 Å². The molecule has 0 unspecified atom stereocenters. The smallest absolute Gasteiger partial charge is 0.240 e. The fraction of sp³-hybridized carbons (Fsp3) is 0.435. The van der Waals surface area contributed by atoms with Gasteiger partial charge in [-0.2, -0.15) is 5.10 Å². The zero-order valence-electron chi connectivity index (χ0n) is 18.4. The van der Waals surface area contributed by atoms with Gasteiger partial charge in [0.05, 0.1) is 30.9 Å². The van der Waals surface area contributed by atoms with Gasteiger partial charge < -0.3 is 25.0 Å². The van der Waals surface area contributed by atoms with Crippen LogP contribution in [0.25, 0.3) is 16.8 Å². The molecular formula is C23H28N6O3. The third-order valence-electron chi connectivity index (χ3n) is 6.26. The summed E-state index contributed by atoms with van der Waals surface area (Å²) in [6.07, 6.45) is 3.95. The molecule has 2 N–H and O–H groups in total. The van der Waals surface area contributed by atoms with Gasteiger partial charge in [-0.05, 0) is 25.1 Å². The van der Waals surface area contributed by atoms with E-state index in [9.17, 15) is 4.79 Å². The lowest BCUT2D eigenvalue weighted by molar-refractivity contribution is -0.119. The van der Waals surface area contributed by atoms with Gasteiger partial charge in [0.2, 0.25) is 11.8 Å². The average molecular weight is 437 g/mol. The van der Waals surface area contributed by atoms with Crippen molar-refractivity contribution in [3.05, 3.63) is 36.7 Å². The highest BCUT2D eigenvalue weighted by Crippen LogP contribution is 2.34. The molecule has 2 aliphatic rings. The highest BCUT2D eigenvalue weighted by Gasteiger charge is 2.29. The van der Waals surface area contributed by atoms with E-state index < -0.39 is 0 Å². The molecule has 9 nitrogen and oxygen atoms in total. The minimum atomic E-state index is -0.153. The van der Waals surface area contributed by atoms with E-state index in [0.29, 0.717) is 18.8 Å². The lowest BCUT2D eigenvalue weighted by atomic mass is 10.0. The second-order valence-corrected chi connectivity index (χ2v) is 8.31. The van der Waals surface area contributed by atoms with E-state index in [-0.39, 0.29) is 17.9 Å². The standard InChI is InChI=1S/C23H28N6O3/c1-15(17-12-22(30)25-13-17)32-23-20-5-6-26-29(20)14-18(27-23)16-3-4-19(21(11-16)31-2)28-9-7-24-8-10-28/h3-6,11,14-15,17,24H,7-10,12-13H2,1-2H3,(H,25,30)/t15-,17-/m1/s1. The maximum Gasteiger partial charge on any atom is 0.240 e. The second kappa shape index (κ2) is 8.66.